The minimum Gasteiger partial charge on any atom is -0.506 e. The number of hydrogen-bond acceptors (Lipinski definition) is 6. The molecular weight excluding hydrogens is 308 g/mol. The van der Waals surface area contributed by atoms with Crippen molar-refractivity contribution in [2.75, 3.05) is 5.73 Å². The number of fused-ring (bicyclic) bond motifs is 1. The Morgan fingerprint density at radius 1 is 1.00 bits per heavy atom. The number of nitrogens with two attached hydrogens (primary N) is 2. The van der Waals surface area contributed by atoms with Crippen molar-refractivity contribution in [2.45, 2.75) is 9.79 Å². The van der Waals surface area contributed by atoms with Crippen LogP contribution in [-0.2, 0) is 20.1 Å². The molecular formula is C10H10N2O6S2. The van der Waals surface area contributed by atoms with Gasteiger partial charge in [-0.05, 0) is 12.1 Å². The lowest BCUT2D eigenvalue weighted by atomic mass is 10.1. The Morgan fingerprint density at radius 3 is 2.10 bits per heavy atom. The van der Waals surface area contributed by atoms with Crippen LogP contribution in [0.4, 0.5) is 5.69 Å². The van der Waals surface area contributed by atoms with Crippen molar-refractivity contribution in [1.82, 2.24) is 0 Å². The van der Waals surface area contributed by atoms with Crippen molar-refractivity contribution in [1.29, 1.82) is 0 Å². The molecule has 0 bridgehead atoms. The van der Waals surface area contributed by atoms with E-state index in [1.807, 2.05) is 0 Å². The molecule has 2 rings (SSSR count). The van der Waals surface area contributed by atoms with Crippen LogP contribution in [0.25, 0.3) is 10.8 Å². The highest BCUT2D eigenvalue weighted by Gasteiger charge is 2.20. The number of rotatable bonds is 2. The van der Waals surface area contributed by atoms with Crippen molar-refractivity contribution in [3.8, 4) is 5.75 Å². The zero-order valence-corrected chi connectivity index (χ0v) is 11.4. The van der Waals surface area contributed by atoms with E-state index >= 15 is 0 Å². The van der Waals surface area contributed by atoms with Gasteiger partial charge in [0.15, 0.2) is 0 Å². The zero-order chi connectivity index (χ0) is 15.3. The molecule has 0 saturated carbocycles. The van der Waals surface area contributed by atoms with E-state index in [-0.39, 0.29) is 21.4 Å². The number of aromatic hydroxyl groups is 1. The van der Waals surface area contributed by atoms with Crippen molar-refractivity contribution in [3.63, 3.8) is 0 Å². The lowest BCUT2D eigenvalue weighted by Gasteiger charge is -2.10. The molecule has 0 amide bonds. The number of benzene rings is 2. The number of phenols is 1. The highest BCUT2D eigenvalue weighted by atomic mass is 32.2. The molecule has 6 N–H and O–H groups in total. The highest BCUT2D eigenvalue weighted by molar-refractivity contribution is 7.89. The first-order valence-corrected chi connectivity index (χ1v) is 8.06. The van der Waals surface area contributed by atoms with Crippen LogP contribution in [-0.4, -0.2) is 26.5 Å². The number of sulfonamides is 1. The van der Waals surface area contributed by atoms with Gasteiger partial charge in [-0.25, -0.2) is 13.6 Å². The molecule has 0 aliphatic rings. The molecule has 0 fully saturated rings. The molecule has 0 spiro atoms. The van der Waals surface area contributed by atoms with E-state index in [1.54, 1.807) is 0 Å². The topological polar surface area (TPSA) is 161 Å². The molecule has 0 heterocycles. The summed E-state index contributed by atoms with van der Waals surface area (Å²) in [6, 6.07) is 4.00. The van der Waals surface area contributed by atoms with Gasteiger partial charge < -0.3 is 10.8 Å². The summed E-state index contributed by atoms with van der Waals surface area (Å²) in [7, 11) is -8.74. The second-order valence-electron chi connectivity index (χ2n) is 4.03. The van der Waals surface area contributed by atoms with E-state index in [0.717, 1.165) is 18.2 Å². The van der Waals surface area contributed by atoms with Crippen molar-refractivity contribution in [2.24, 2.45) is 5.14 Å². The van der Waals surface area contributed by atoms with Crippen LogP contribution in [0.1, 0.15) is 0 Å². The fourth-order valence-corrected chi connectivity index (χ4v) is 3.02. The van der Waals surface area contributed by atoms with Crippen molar-refractivity contribution >= 4 is 36.6 Å². The lowest BCUT2D eigenvalue weighted by molar-refractivity contribution is 0.469. The van der Waals surface area contributed by atoms with Gasteiger partial charge in [-0.3, -0.25) is 4.55 Å². The summed E-state index contributed by atoms with van der Waals surface area (Å²) < 4.78 is 54.3. The van der Waals surface area contributed by atoms with Gasteiger partial charge in [0.2, 0.25) is 10.0 Å². The maximum atomic E-state index is 11.3. The molecule has 2 aromatic rings. The molecule has 0 aromatic heterocycles. The first kappa shape index (κ1) is 14.5. The molecule has 0 unspecified atom stereocenters. The Labute approximate surface area is 114 Å². The minimum absolute atomic E-state index is 0.0741. The second-order valence-corrected chi connectivity index (χ2v) is 6.99. The number of phenolic OH excluding ortho intramolecular Hbond substituents is 1. The Kier molecular flexibility index (Phi) is 3.13. The largest absolute Gasteiger partial charge is 0.506 e. The summed E-state index contributed by atoms with van der Waals surface area (Å²) in [4.78, 5) is -1.01. The Bertz CT molecular complexity index is 918. The standard InChI is InChI=1S/C10H10N2O6S2/c11-10-6-2-1-5(19(12,14)15)3-7(6)9(4-8(10)13)20(16,17)18/h1-4,13H,11H2,(H2,12,14,15)(H,16,17,18). The van der Waals surface area contributed by atoms with Crippen LogP contribution in [0, 0.1) is 0 Å². The lowest BCUT2D eigenvalue weighted by Crippen LogP contribution is -2.12. The average molecular weight is 318 g/mol. The fraction of sp³-hybridized carbons (Fsp3) is 0. The number of primary sulfonamides is 1. The predicted octanol–water partition coefficient (Wildman–Crippen LogP) is 0.0217. The minimum atomic E-state index is -4.68. The van der Waals surface area contributed by atoms with E-state index in [9.17, 15) is 21.9 Å². The van der Waals surface area contributed by atoms with Crippen LogP contribution >= 0.6 is 0 Å². The van der Waals surface area contributed by atoms with E-state index in [0.29, 0.717) is 0 Å². The van der Waals surface area contributed by atoms with Gasteiger partial charge in [0.05, 0.1) is 10.6 Å². The van der Waals surface area contributed by atoms with Gasteiger partial charge in [-0.2, -0.15) is 8.42 Å². The normalized spacial score (nSPS) is 12.7. The molecule has 20 heavy (non-hydrogen) atoms. The van der Waals surface area contributed by atoms with Gasteiger partial charge in [-0.1, -0.05) is 6.07 Å². The van der Waals surface area contributed by atoms with Crippen LogP contribution in [0.3, 0.4) is 0 Å². The zero-order valence-electron chi connectivity index (χ0n) is 9.81. The Balaban J connectivity index is 3.04. The van der Waals surface area contributed by atoms with Crippen LogP contribution < -0.4 is 10.9 Å². The maximum Gasteiger partial charge on any atom is 0.295 e. The third-order valence-electron chi connectivity index (χ3n) is 2.70. The molecule has 0 saturated heterocycles. The summed E-state index contributed by atoms with van der Waals surface area (Å²) >= 11 is 0. The van der Waals surface area contributed by atoms with Gasteiger partial charge >= 0.3 is 0 Å². The number of anilines is 1. The van der Waals surface area contributed by atoms with Gasteiger partial charge in [0, 0.05) is 16.8 Å². The molecule has 0 aliphatic carbocycles. The van der Waals surface area contributed by atoms with Crippen molar-refractivity contribution < 1.29 is 26.5 Å². The second kappa shape index (κ2) is 4.31. The van der Waals surface area contributed by atoms with Gasteiger partial charge in [0.1, 0.15) is 10.6 Å². The summed E-state index contributed by atoms with van der Waals surface area (Å²) in [5, 5.41) is 14.4. The van der Waals surface area contributed by atoms with E-state index in [4.69, 9.17) is 15.4 Å². The smallest absolute Gasteiger partial charge is 0.295 e. The van der Waals surface area contributed by atoms with Gasteiger partial charge in [-0.15, -0.1) is 0 Å². The molecule has 0 radical (unpaired) electrons. The van der Waals surface area contributed by atoms with E-state index in [1.165, 1.54) is 6.07 Å². The maximum absolute atomic E-state index is 11.3. The third-order valence-corrected chi connectivity index (χ3v) is 4.50. The summed E-state index contributed by atoms with van der Waals surface area (Å²) in [6.07, 6.45) is 0. The summed E-state index contributed by atoms with van der Waals surface area (Å²) in [6.45, 7) is 0. The monoisotopic (exact) mass is 318 g/mol. The molecule has 10 heteroatoms. The average Bonchev–Trinajstić information content (AvgIpc) is 2.30. The van der Waals surface area contributed by atoms with E-state index in [2.05, 4.69) is 0 Å². The van der Waals surface area contributed by atoms with E-state index < -0.39 is 30.8 Å². The van der Waals surface area contributed by atoms with Crippen LogP contribution in [0.2, 0.25) is 0 Å². The highest BCUT2D eigenvalue weighted by Crippen LogP contribution is 2.36. The fourth-order valence-electron chi connectivity index (χ4n) is 1.77. The van der Waals surface area contributed by atoms with Gasteiger partial charge in [0.25, 0.3) is 10.1 Å². The Hall–Kier alpha value is -1.88. The Morgan fingerprint density at radius 2 is 1.60 bits per heavy atom. The molecule has 108 valence electrons. The van der Waals surface area contributed by atoms with Crippen LogP contribution in [0.5, 0.6) is 5.75 Å². The summed E-state index contributed by atoms with van der Waals surface area (Å²) in [5.74, 6) is -0.548. The first-order valence-electron chi connectivity index (χ1n) is 5.07. The molecule has 0 aliphatic heterocycles. The number of nitrogen functional groups attached to an aromatic ring is 1. The number of hydrogen-bond donors (Lipinski definition) is 4. The van der Waals surface area contributed by atoms with Crippen LogP contribution in [0.15, 0.2) is 34.1 Å². The van der Waals surface area contributed by atoms with Crippen molar-refractivity contribution in [3.05, 3.63) is 24.3 Å². The quantitative estimate of drug-likeness (QED) is 0.345. The summed E-state index contributed by atoms with van der Waals surface area (Å²) in [5.41, 5.74) is 5.44. The third kappa shape index (κ3) is 2.41. The first-order chi connectivity index (χ1) is 9.01. The molecule has 2 aromatic carbocycles. The molecule has 8 nitrogen and oxygen atoms in total. The predicted molar refractivity (Wildman–Crippen MR) is 71.2 cm³/mol. The molecule has 0 atom stereocenters. The SMILES string of the molecule is Nc1c(O)cc(S(=O)(=O)O)c2cc(S(N)(=O)=O)ccc12.